The van der Waals surface area contributed by atoms with Crippen LogP contribution in [0.1, 0.15) is 23.7 Å². The summed E-state index contributed by atoms with van der Waals surface area (Å²) < 4.78 is 10.6. The second-order valence-corrected chi connectivity index (χ2v) is 7.30. The van der Waals surface area contributed by atoms with E-state index in [4.69, 9.17) is 21.1 Å². The molecule has 0 unspecified atom stereocenters. The number of carbonyl (C=O) groups excluding carboxylic acids is 4. The van der Waals surface area contributed by atoms with Gasteiger partial charge < -0.3 is 14.4 Å². The number of nitrogens with zero attached hydrogens (tertiary/aromatic N) is 1. The van der Waals surface area contributed by atoms with Crippen LogP contribution in [0.25, 0.3) is 0 Å². The summed E-state index contributed by atoms with van der Waals surface area (Å²) in [6, 6.07) is 13.4. The first kappa shape index (κ1) is 23.1. The molecule has 0 radical (unpaired) electrons. The minimum Gasteiger partial charge on any atom is -0.492 e. The molecule has 9 nitrogen and oxygen atoms in total. The number of rotatable bonds is 7. The Bertz CT molecular complexity index is 1030. The maximum Gasteiger partial charge on any atom is 0.311 e. The van der Waals surface area contributed by atoms with E-state index in [1.54, 1.807) is 42.5 Å². The highest BCUT2D eigenvalue weighted by Crippen LogP contribution is 2.33. The Balaban J connectivity index is 1.49. The second kappa shape index (κ2) is 10.6. The number of hydrazine groups is 1. The van der Waals surface area contributed by atoms with Crippen molar-refractivity contribution in [2.75, 3.05) is 24.7 Å². The maximum atomic E-state index is 12.4. The molecule has 3 rings (SSSR count). The molecule has 1 saturated heterocycles. The van der Waals surface area contributed by atoms with Gasteiger partial charge in [0.05, 0.1) is 28.8 Å². The van der Waals surface area contributed by atoms with Gasteiger partial charge in [-0.15, -0.1) is 0 Å². The molecule has 0 aromatic heterocycles. The van der Waals surface area contributed by atoms with Gasteiger partial charge in [-0.05, 0) is 31.2 Å². The summed E-state index contributed by atoms with van der Waals surface area (Å²) in [6.07, 6.45) is -0.0375. The van der Waals surface area contributed by atoms with Crippen molar-refractivity contribution in [2.45, 2.75) is 13.3 Å². The van der Waals surface area contributed by atoms with Crippen LogP contribution >= 0.6 is 11.6 Å². The van der Waals surface area contributed by atoms with Crippen LogP contribution in [0.2, 0.25) is 5.02 Å². The number of hydrogen-bond acceptors (Lipinski definition) is 6. The van der Waals surface area contributed by atoms with Crippen LogP contribution < -0.4 is 20.5 Å². The zero-order valence-electron chi connectivity index (χ0n) is 17.3. The monoisotopic (exact) mass is 459 g/mol. The van der Waals surface area contributed by atoms with Gasteiger partial charge in [0.1, 0.15) is 5.75 Å². The average molecular weight is 460 g/mol. The standard InChI is InChI=1S/C22H22ClN3O6/c1-2-31-18-10-6-5-9-17(18)26-12-14(11-20(26)28)22(30)32-13-19(27)24-25-21(29)15-7-3-4-8-16(15)23/h3-10,14H,2,11-13H2,1H3,(H,24,27)(H,25,29)/t14-/m0/s1. The Morgan fingerprint density at radius 1 is 1.09 bits per heavy atom. The fraction of sp³-hybridized carbons (Fsp3) is 0.273. The quantitative estimate of drug-likeness (QED) is 0.484. The minimum atomic E-state index is -0.735. The number of para-hydroxylation sites is 2. The molecule has 2 aromatic rings. The minimum absolute atomic E-state index is 0.0375. The largest absolute Gasteiger partial charge is 0.492 e. The summed E-state index contributed by atoms with van der Waals surface area (Å²) >= 11 is 5.92. The lowest BCUT2D eigenvalue weighted by atomic mass is 10.1. The molecule has 1 atom stereocenters. The molecule has 32 heavy (non-hydrogen) atoms. The molecular weight excluding hydrogens is 438 g/mol. The van der Waals surface area contributed by atoms with Crippen LogP contribution in [-0.2, 0) is 19.1 Å². The molecule has 0 saturated carbocycles. The van der Waals surface area contributed by atoms with Crippen LogP contribution in [0.15, 0.2) is 48.5 Å². The summed E-state index contributed by atoms with van der Waals surface area (Å²) in [5.41, 5.74) is 5.11. The van der Waals surface area contributed by atoms with Gasteiger partial charge in [-0.2, -0.15) is 0 Å². The van der Waals surface area contributed by atoms with Gasteiger partial charge in [0.15, 0.2) is 6.61 Å². The van der Waals surface area contributed by atoms with E-state index in [0.29, 0.717) is 18.0 Å². The third-order valence-electron chi connectivity index (χ3n) is 4.69. The van der Waals surface area contributed by atoms with Crippen LogP contribution in [0.4, 0.5) is 5.69 Å². The molecule has 0 bridgehead atoms. The zero-order valence-corrected chi connectivity index (χ0v) is 18.1. The first-order valence-corrected chi connectivity index (χ1v) is 10.3. The fourth-order valence-corrected chi connectivity index (χ4v) is 3.41. The summed E-state index contributed by atoms with van der Waals surface area (Å²) in [4.78, 5) is 50.2. The van der Waals surface area contributed by atoms with E-state index in [0.717, 1.165) is 0 Å². The van der Waals surface area contributed by atoms with Crippen molar-refractivity contribution in [2.24, 2.45) is 5.92 Å². The normalized spacial score (nSPS) is 15.2. The number of benzene rings is 2. The molecule has 0 spiro atoms. The van der Waals surface area contributed by atoms with Gasteiger partial charge in [0.2, 0.25) is 5.91 Å². The van der Waals surface area contributed by atoms with Gasteiger partial charge in [-0.25, -0.2) is 0 Å². The number of anilines is 1. The Labute approximate surface area is 189 Å². The Kier molecular flexibility index (Phi) is 7.67. The van der Waals surface area contributed by atoms with Crippen molar-refractivity contribution in [3.63, 3.8) is 0 Å². The molecule has 1 heterocycles. The van der Waals surface area contributed by atoms with Gasteiger partial charge in [-0.1, -0.05) is 35.9 Å². The smallest absolute Gasteiger partial charge is 0.311 e. The van der Waals surface area contributed by atoms with E-state index in [1.807, 2.05) is 6.92 Å². The molecule has 1 fully saturated rings. The number of hydrogen-bond donors (Lipinski definition) is 2. The highest BCUT2D eigenvalue weighted by molar-refractivity contribution is 6.33. The van der Waals surface area contributed by atoms with Crippen molar-refractivity contribution in [1.29, 1.82) is 0 Å². The molecule has 2 aromatic carbocycles. The lowest BCUT2D eigenvalue weighted by Crippen LogP contribution is -2.44. The Hall–Kier alpha value is -3.59. The molecule has 1 aliphatic rings. The highest BCUT2D eigenvalue weighted by Gasteiger charge is 2.37. The maximum absolute atomic E-state index is 12.4. The van der Waals surface area contributed by atoms with Crippen LogP contribution in [0, 0.1) is 5.92 Å². The van der Waals surface area contributed by atoms with E-state index in [2.05, 4.69) is 10.9 Å². The number of ether oxygens (including phenoxy) is 2. The first-order chi connectivity index (χ1) is 15.4. The van der Waals surface area contributed by atoms with Crippen molar-refractivity contribution >= 4 is 41.0 Å². The molecule has 1 aliphatic heterocycles. The molecule has 0 aliphatic carbocycles. The van der Waals surface area contributed by atoms with E-state index in [-0.39, 0.29) is 29.5 Å². The summed E-state index contributed by atoms with van der Waals surface area (Å²) in [5.74, 6) is -2.44. The number of carbonyl (C=O) groups is 4. The third-order valence-corrected chi connectivity index (χ3v) is 5.02. The van der Waals surface area contributed by atoms with Gasteiger partial charge >= 0.3 is 5.97 Å². The van der Waals surface area contributed by atoms with E-state index >= 15 is 0 Å². The lowest BCUT2D eigenvalue weighted by molar-refractivity contribution is -0.152. The molecule has 3 amide bonds. The third kappa shape index (κ3) is 5.55. The molecule has 168 valence electrons. The molecule has 10 heteroatoms. The van der Waals surface area contributed by atoms with Crippen LogP contribution in [0.5, 0.6) is 5.75 Å². The SMILES string of the molecule is CCOc1ccccc1N1C[C@@H](C(=O)OCC(=O)NNC(=O)c2ccccc2Cl)CC1=O. The summed E-state index contributed by atoms with van der Waals surface area (Å²) in [6.45, 7) is 1.78. The summed E-state index contributed by atoms with van der Waals surface area (Å²) in [5, 5.41) is 0.229. The van der Waals surface area contributed by atoms with E-state index < -0.39 is 30.3 Å². The predicted octanol–water partition coefficient (Wildman–Crippen LogP) is 2.10. The van der Waals surface area contributed by atoms with Gasteiger partial charge in [0.25, 0.3) is 11.8 Å². The lowest BCUT2D eigenvalue weighted by Gasteiger charge is -2.19. The number of nitrogens with one attached hydrogen (secondary N) is 2. The van der Waals surface area contributed by atoms with Crippen molar-refractivity contribution < 1.29 is 28.7 Å². The van der Waals surface area contributed by atoms with E-state index in [1.165, 1.54) is 11.0 Å². The number of halogens is 1. The average Bonchev–Trinajstić information content (AvgIpc) is 3.18. The first-order valence-electron chi connectivity index (χ1n) is 9.93. The fourth-order valence-electron chi connectivity index (χ4n) is 3.19. The highest BCUT2D eigenvalue weighted by atomic mass is 35.5. The Morgan fingerprint density at radius 2 is 1.81 bits per heavy atom. The second-order valence-electron chi connectivity index (χ2n) is 6.90. The van der Waals surface area contributed by atoms with Crippen molar-refractivity contribution in [1.82, 2.24) is 10.9 Å². The molecular formula is C22H22ClN3O6. The summed E-state index contributed by atoms with van der Waals surface area (Å²) in [7, 11) is 0. The topological polar surface area (TPSA) is 114 Å². The van der Waals surface area contributed by atoms with Gasteiger partial charge in [-0.3, -0.25) is 30.0 Å². The van der Waals surface area contributed by atoms with Gasteiger partial charge in [0, 0.05) is 13.0 Å². The predicted molar refractivity (Wildman–Crippen MR) is 116 cm³/mol. The zero-order chi connectivity index (χ0) is 23.1. The number of esters is 1. The van der Waals surface area contributed by atoms with E-state index in [9.17, 15) is 19.2 Å². The number of amides is 3. The van der Waals surface area contributed by atoms with Crippen LogP contribution in [0.3, 0.4) is 0 Å². The van der Waals surface area contributed by atoms with Crippen molar-refractivity contribution in [3.05, 3.63) is 59.1 Å². The molecule has 2 N–H and O–H groups in total. The Morgan fingerprint density at radius 3 is 2.56 bits per heavy atom. The van der Waals surface area contributed by atoms with Crippen LogP contribution in [-0.4, -0.2) is 43.4 Å². The van der Waals surface area contributed by atoms with Crippen molar-refractivity contribution in [3.8, 4) is 5.75 Å².